The van der Waals surface area contributed by atoms with Gasteiger partial charge in [-0.05, 0) is 80.9 Å². The van der Waals surface area contributed by atoms with E-state index in [9.17, 15) is 5.11 Å². The Balaban J connectivity index is 0.00000552. The first kappa shape index (κ1) is 37.4. The molecule has 1 fully saturated rings. The molecule has 3 unspecified atom stereocenters. The zero-order valence-electron chi connectivity index (χ0n) is 29.4. The third kappa shape index (κ3) is 11.0. The highest BCUT2D eigenvalue weighted by atomic mass is 16.5. The van der Waals surface area contributed by atoms with Gasteiger partial charge in [0.1, 0.15) is 17.1 Å². The van der Waals surface area contributed by atoms with Gasteiger partial charge in [-0.25, -0.2) is 0 Å². The number of phenolic OH excluding ortho intramolecular Hbond substituents is 1. The van der Waals surface area contributed by atoms with Gasteiger partial charge < -0.3 is 9.84 Å². The normalized spacial score (nSPS) is 20.4. The molecule has 4 heteroatoms. The summed E-state index contributed by atoms with van der Waals surface area (Å²) in [5.74, 6) is 4.05. The minimum atomic E-state index is -0.119. The highest BCUT2D eigenvalue weighted by Gasteiger charge is 2.35. The fraction of sp³-hybridized carbons (Fsp3) is 0.707. The van der Waals surface area contributed by atoms with E-state index < -0.39 is 0 Å². The molecule has 0 aromatic heterocycles. The summed E-state index contributed by atoms with van der Waals surface area (Å²) in [5.41, 5.74) is 5.73. The quantitative estimate of drug-likeness (QED) is 0.203. The monoisotopic (exact) mass is 621 g/mol. The fourth-order valence-electron chi connectivity index (χ4n) is 7.49. The van der Waals surface area contributed by atoms with Crippen LogP contribution in [0.3, 0.4) is 0 Å². The first-order valence-electron chi connectivity index (χ1n) is 18.1. The number of hydrogen-bond donors (Lipinski definition) is 1. The van der Waals surface area contributed by atoms with E-state index in [-0.39, 0.29) is 13.0 Å². The number of rotatable bonds is 16. The van der Waals surface area contributed by atoms with Crippen molar-refractivity contribution in [1.82, 2.24) is 9.80 Å². The van der Waals surface area contributed by atoms with Crippen molar-refractivity contribution in [2.24, 2.45) is 17.8 Å². The average molecular weight is 621 g/mol. The van der Waals surface area contributed by atoms with Crippen LogP contribution in [-0.2, 0) is 19.5 Å². The van der Waals surface area contributed by atoms with E-state index in [2.05, 4.69) is 88.6 Å². The Bertz CT molecular complexity index is 1150. The van der Waals surface area contributed by atoms with Gasteiger partial charge in [0.25, 0.3) is 0 Å². The zero-order valence-corrected chi connectivity index (χ0v) is 29.4. The number of hydrogen-bond acceptors (Lipinski definition) is 4. The Kier molecular flexibility index (Phi) is 14.8. The summed E-state index contributed by atoms with van der Waals surface area (Å²) in [6.07, 6.45) is 13.9. The minimum absolute atomic E-state index is 0. The molecule has 2 aromatic carbocycles. The van der Waals surface area contributed by atoms with Crippen LogP contribution in [-0.4, -0.2) is 46.7 Å². The lowest BCUT2D eigenvalue weighted by Gasteiger charge is -2.40. The van der Waals surface area contributed by atoms with Crippen molar-refractivity contribution in [3.8, 4) is 11.5 Å². The number of ether oxygens (including phenoxy) is 1. The maximum Gasteiger partial charge on any atom is 0.127 e. The summed E-state index contributed by atoms with van der Waals surface area (Å²) in [7, 11) is 0. The first-order valence-corrected chi connectivity index (χ1v) is 18.1. The summed E-state index contributed by atoms with van der Waals surface area (Å²) in [6, 6.07) is 10.8. The molecule has 254 valence electrons. The minimum Gasteiger partial charge on any atom is -0.507 e. The van der Waals surface area contributed by atoms with Crippen LogP contribution in [0.25, 0.3) is 0 Å². The maximum atomic E-state index is 11.3. The predicted octanol–water partition coefficient (Wildman–Crippen LogP) is 10.5. The van der Waals surface area contributed by atoms with Gasteiger partial charge in [0, 0.05) is 50.4 Å². The lowest BCUT2D eigenvalue weighted by atomic mass is 9.83. The SMILES string of the molecule is C.Cc1c(C)c2c(c(CN3CCN(Cc4ccccc4)CC3)c1O)CCC(C)(CCCC(C)CCCC(C)CCCC(C)C)O2. The molecule has 4 rings (SSSR count). The van der Waals surface area contributed by atoms with Crippen molar-refractivity contribution >= 4 is 0 Å². The van der Waals surface area contributed by atoms with E-state index in [0.717, 1.165) is 98.7 Å². The average Bonchev–Trinajstić information content (AvgIpc) is 2.99. The fourth-order valence-corrected chi connectivity index (χ4v) is 7.49. The molecule has 0 spiro atoms. The second-order valence-electron chi connectivity index (χ2n) is 15.3. The Morgan fingerprint density at radius 2 is 1.33 bits per heavy atom. The molecular weight excluding hydrogens is 552 g/mol. The van der Waals surface area contributed by atoms with Crippen molar-refractivity contribution in [2.45, 2.75) is 145 Å². The highest BCUT2D eigenvalue weighted by Crippen LogP contribution is 2.45. The molecule has 3 atom stereocenters. The van der Waals surface area contributed by atoms with Gasteiger partial charge in [-0.15, -0.1) is 0 Å². The molecule has 0 amide bonds. The van der Waals surface area contributed by atoms with E-state index in [1.54, 1.807) is 0 Å². The van der Waals surface area contributed by atoms with E-state index in [4.69, 9.17) is 4.74 Å². The number of phenols is 1. The Morgan fingerprint density at radius 3 is 1.93 bits per heavy atom. The number of aromatic hydroxyl groups is 1. The van der Waals surface area contributed by atoms with Crippen LogP contribution >= 0.6 is 0 Å². The number of nitrogens with zero attached hydrogens (tertiary/aromatic N) is 2. The lowest BCUT2D eigenvalue weighted by molar-refractivity contribution is 0.0505. The third-order valence-electron chi connectivity index (χ3n) is 10.8. The van der Waals surface area contributed by atoms with Crippen LogP contribution in [0.4, 0.5) is 0 Å². The maximum absolute atomic E-state index is 11.3. The molecule has 1 saturated heterocycles. The molecule has 2 aliphatic heterocycles. The number of piperazine rings is 1. The zero-order chi connectivity index (χ0) is 31.7. The van der Waals surface area contributed by atoms with Crippen molar-refractivity contribution in [1.29, 1.82) is 0 Å². The van der Waals surface area contributed by atoms with Gasteiger partial charge >= 0.3 is 0 Å². The summed E-state index contributed by atoms with van der Waals surface area (Å²) in [5, 5.41) is 11.3. The summed E-state index contributed by atoms with van der Waals surface area (Å²) < 4.78 is 6.91. The van der Waals surface area contributed by atoms with Crippen LogP contribution in [0, 0.1) is 31.6 Å². The van der Waals surface area contributed by atoms with Crippen LogP contribution in [0.5, 0.6) is 11.5 Å². The number of fused-ring (bicyclic) bond motifs is 1. The molecule has 2 aromatic rings. The van der Waals surface area contributed by atoms with Crippen molar-refractivity contribution in [2.75, 3.05) is 26.2 Å². The van der Waals surface area contributed by atoms with E-state index in [0.29, 0.717) is 5.75 Å². The third-order valence-corrected chi connectivity index (χ3v) is 10.8. The molecule has 45 heavy (non-hydrogen) atoms. The molecule has 0 bridgehead atoms. The van der Waals surface area contributed by atoms with Crippen LogP contribution in [0.1, 0.15) is 134 Å². The van der Waals surface area contributed by atoms with Gasteiger partial charge in [0.2, 0.25) is 0 Å². The molecule has 0 saturated carbocycles. The Morgan fingerprint density at radius 1 is 0.778 bits per heavy atom. The van der Waals surface area contributed by atoms with Crippen molar-refractivity contribution in [3.63, 3.8) is 0 Å². The first-order chi connectivity index (χ1) is 21.0. The highest BCUT2D eigenvalue weighted by molar-refractivity contribution is 5.59. The van der Waals surface area contributed by atoms with Gasteiger partial charge in [0.05, 0.1) is 0 Å². The van der Waals surface area contributed by atoms with E-state index >= 15 is 0 Å². The molecule has 0 aliphatic carbocycles. The van der Waals surface area contributed by atoms with Crippen molar-refractivity contribution < 1.29 is 9.84 Å². The van der Waals surface area contributed by atoms with E-state index in [1.807, 2.05) is 0 Å². The molecule has 1 N–H and O–H groups in total. The second kappa shape index (κ2) is 17.8. The summed E-state index contributed by atoms with van der Waals surface area (Å²) in [4.78, 5) is 5.07. The Hall–Kier alpha value is -2.04. The van der Waals surface area contributed by atoms with Crippen LogP contribution in [0.15, 0.2) is 30.3 Å². The molecular formula is C41H68N2O2. The molecule has 2 heterocycles. The van der Waals surface area contributed by atoms with Crippen LogP contribution in [0.2, 0.25) is 0 Å². The summed E-state index contributed by atoms with van der Waals surface area (Å²) in [6.45, 7) is 22.1. The van der Waals surface area contributed by atoms with Gasteiger partial charge in [0.15, 0.2) is 0 Å². The molecule has 2 aliphatic rings. The molecule has 4 nitrogen and oxygen atoms in total. The van der Waals surface area contributed by atoms with Gasteiger partial charge in [-0.2, -0.15) is 0 Å². The standard InChI is InChI=1S/C40H64N2O2.CH4/c1-30(2)14-11-15-31(3)16-12-17-32(4)18-13-22-40(7)23-21-36-37(38(43)33(5)34(6)39(36)44-40)29-42-26-24-41(25-27-42)28-35-19-9-8-10-20-35;/h8-10,19-20,30-32,43H,11-18,21-29H2,1-7H3;1H4. The predicted molar refractivity (Wildman–Crippen MR) is 193 cm³/mol. The summed E-state index contributed by atoms with van der Waals surface area (Å²) >= 11 is 0. The second-order valence-corrected chi connectivity index (χ2v) is 15.3. The van der Waals surface area contributed by atoms with Gasteiger partial charge in [-0.3, -0.25) is 9.80 Å². The molecule has 0 radical (unpaired) electrons. The van der Waals surface area contributed by atoms with E-state index in [1.165, 1.54) is 62.5 Å². The topological polar surface area (TPSA) is 35.9 Å². The number of benzene rings is 2. The Labute approximate surface area is 277 Å². The van der Waals surface area contributed by atoms with Crippen LogP contribution < -0.4 is 4.74 Å². The largest absolute Gasteiger partial charge is 0.507 e. The lowest BCUT2D eigenvalue weighted by Crippen LogP contribution is -2.45. The smallest absolute Gasteiger partial charge is 0.127 e. The van der Waals surface area contributed by atoms with Gasteiger partial charge in [-0.1, -0.05) is 110 Å². The van der Waals surface area contributed by atoms with Crippen molar-refractivity contribution in [3.05, 3.63) is 58.1 Å².